The van der Waals surface area contributed by atoms with E-state index < -0.39 is 0 Å². The van der Waals surface area contributed by atoms with Crippen LogP contribution in [0.25, 0.3) is 0 Å². The summed E-state index contributed by atoms with van der Waals surface area (Å²) in [6.45, 7) is 2.94. The molecule has 1 rings (SSSR count). The second-order valence-electron chi connectivity index (χ2n) is 3.17. The van der Waals surface area contributed by atoms with E-state index in [4.69, 9.17) is 4.74 Å². The summed E-state index contributed by atoms with van der Waals surface area (Å²) in [5.41, 5.74) is 1.07. The van der Waals surface area contributed by atoms with E-state index in [0.717, 1.165) is 42.9 Å². The molecule has 0 aromatic carbocycles. The Kier molecular flexibility index (Phi) is 5.32. The molecule has 1 unspecified atom stereocenters. The topological polar surface area (TPSA) is 29.5 Å². The van der Waals surface area contributed by atoms with E-state index in [9.17, 15) is 5.11 Å². The molecule has 13 heavy (non-hydrogen) atoms. The van der Waals surface area contributed by atoms with Gasteiger partial charge in [-0.25, -0.2) is 0 Å². The van der Waals surface area contributed by atoms with Crippen molar-refractivity contribution in [3.63, 3.8) is 0 Å². The lowest BCUT2D eigenvalue weighted by atomic mass is 10.0. The highest BCUT2D eigenvalue weighted by atomic mass is 32.2. The van der Waals surface area contributed by atoms with Gasteiger partial charge in [0, 0.05) is 0 Å². The first-order valence-corrected chi connectivity index (χ1v) is 6.06. The van der Waals surface area contributed by atoms with Gasteiger partial charge >= 0.3 is 0 Å². The predicted octanol–water partition coefficient (Wildman–Crippen LogP) is 2.18. The Morgan fingerprint density at radius 2 is 2.54 bits per heavy atom. The van der Waals surface area contributed by atoms with Crippen LogP contribution in [0.4, 0.5) is 0 Å². The summed E-state index contributed by atoms with van der Waals surface area (Å²) in [4.78, 5) is 0. The quantitative estimate of drug-likeness (QED) is 0.693. The molecule has 3 heteroatoms. The second-order valence-corrected chi connectivity index (χ2v) is 4.56. The highest BCUT2D eigenvalue weighted by molar-refractivity contribution is 7.99. The Morgan fingerprint density at radius 1 is 1.69 bits per heavy atom. The first-order chi connectivity index (χ1) is 6.34. The Balaban J connectivity index is 2.21. The Bertz CT molecular complexity index is 168. The molecule has 2 nitrogen and oxygen atoms in total. The minimum atomic E-state index is -0.278. The van der Waals surface area contributed by atoms with Gasteiger partial charge in [-0.15, -0.1) is 0 Å². The van der Waals surface area contributed by atoms with Crippen molar-refractivity contribution in [2.24, 2.45) is 0 Å². The molecule has 1 heterocycles. The third-order valence-electron chi connectivity index (χ3n) is 2.13. The molecule has 0 amide bonds. The molecule has 0 aromatic heterocycles. The van der Waals surface area contributed by atoms with Crippen LogP contribution in [0, 0.1) is 0 Å². The highest BCUT2D eigenvalue weighted by Crippen LogP contribution is 2.19. The minimum absolute atomic E-state index is 0.278. The van der Waals surface area contributed by atoms with Gasteiger partial charge in [-0.3, -0.25) is 0 Å². The maximum Gasteiger partial charge on any atom is 0.0876 e. The van der Waals surface area contributed by atoms with Gasteiger partial charge in [-0.1, -0.05) is 6.92 Å². The molecule has 1 aliphatic rings. The number of aliphatic hydroxyl groups is 1. The maximum atomic E-state index is 9.74. The molecular weight excluding hydrogens is 184 g/mol. The molecule has 0 saturated heterocycles. The molecule has 0 aliphatic carbocycles. The van der Waals surface area contributed by atoms with Crippen molar-refractivity contribution < 1.29 is 9.84 Å². The van der Waals surface area contributed by atoms with E-state index in [1.54, 1.807) is 6.26 Å². The normalized spacial score (nSPS) is 19.1. The minimum Gasteiger partial charge on any atom is -0.501 e. The monoisotopic (exact) mass is 202 g/mol. The van der Waals surface area contributed by atoms with Crippen LogP contribution in [-0.2, 0) is 4.74 Å². The van der Waals surface area contributed by atoms with Crippen LogP contribution in [0.5, 0.6) is 0 Å². The van der Waals surface area contributed by atoms with E-state index >= 15 is 0 Å². The summed E-state index contributed by atoms with van der Waals surface area (Å²) in [5.74, 6) is 2.16. The number of ether oxygens (including phenoxy) is 1. The molecule has 0 spiro atoms. The van der Waals surface area contributed by atoms with Gasteiger partial charge in [0.25, 0.3) is 0 Å². The summed E-state index contributed by atoms with van der Waals surface area (Å²) in [6, 6.07) is 0. The molecular formula is C10H18O2S. The van der Waals surface area contributed by atoms with Crippen LogP contribution in [-0.4, -0.2) is 29.3 Å². The lowest BCUT2D eigenvalue weighted by molar-refractivity contribution is 0.167. The van der Waals surface area contributed by atoms with Crippen LogP contribution in [0.3, 0.4) is 0 Å². The average Bonchev–Trinajstić information content (AvgIpc) is 2.19. The molecule has 1 N–H and O–H groups in total. The maximum absolute atomic E-state index is 9.74. The summed E-state index contributed by atoms with van der Waals surface area (Å²) in [6.07, 6.45) is 4.36. The standard InChI is InChI=1S/C10H18O2S/c1-2-13-7-5-10(11)9-4-3-6-12-8-9/h8,10-11H,2-7H2,1H3. The molecule has 76 valence electrons. The molecule has 1 atom stereocenters. The predicted molar refractivity (Wildman–Crippen MR) is 56.9 cm³/mol. The van der Waals surface area contributed by atoms with E-state index in [-0.39, 0.29) is 6.10 Å². The van der Waals surface area contributed by atoms with Crippen molar-refractivity contribution >= 4 is 11.8 Å². The number of rotatable bonds is 5. The van der Waals surface area contributed by atoms with Crippen LogP contribution in [0.1, 0.15) is 26.2 Å². The molecule has 0 bridgehead atoms. The molecule has 0 saturated carbocycles. The summed E-state index contributed by atoms with van der Waals surface area (Å²) < 4.78 is 5.18. The number of hydrogen-bond acceptors (Lipinski definition) is 3. The molecule has 0 aromatic rings. The Morgan fingerprint density at radius 3 is 3.15 bits per heavy atom. The van der Waals surface area contributed by atoms with Crippen LogP contribution in [0.15, 0.2) is 11.8 Å². The lowest BCUT2D eigenvalue weighted by Gasteiger charge is -2.18. The summed E-state index contributed by atoms with van der Waals surface area (Å²) >= 11 is 1.87. The van der Waals surface area contributed by atoms with E-state index in [1.165, 1.54) is 0 Å². The number of hydrogen-bond donors (Lipinski definition) is 1. The van der Waals surface area contributed by atoms with Gasteiger partial charge in [0.2, 0.25) is 0 Å². The zero-order valence-corrected chi connectivity index (χ0v) is 8.98. The van der Waals surface area contributed by atoms with Gasteiger partial charge in [-0.05, 0) is 36.3 Å². The van der Waals surface area contributed by atoms with Crippen LogP contribution in [0.2, 0.25) is 0 Å². The fraction of sp³-hybridized carbons (Fsp3) is 0.800. The van der Waals surface area contributed by atoms with Gasteiger partial charge in [0.15, 0.2) is 0 Å². The largest absolute Gasteiger partial charge is 0.501 e. The van der Waals surface area contributed by atoms with Gasteiger partial charge in [0.05, 0.1) is 19.0 Å². The number of thioether (sulfide) groups is 1. The van der Waals surface area contributed by atoms with Crippen molar-refractivity contribution in [1.82, 2.24) is 0 Å². The molecule has 0 fully saturated rings. The fourth-order valence-electron chi connectivity index (χ4n) is 1.35. The summed E-state index contributed by atoms with van der Waals surface area (Å²) in [7, 11) is 0. The first kappa shape index (κ1) is 10.9. The smallest absolute Gasteiger partial charge is 0.0876 e. The Labute approximate surface area is 84.4 Å². The summed E-state index contributed by atoms with van der Waals surface area (Å²) in [5, 5.41) is 9.74. The second kappa shape index (κ2) is 6.33. The third-order valence-corrected chi connectivity index (χ3v) is 3.06. The molecule has 0 radical (unpaired) electrons. The van der Waals surface area contributed by atoms with Gasteiger partial charge in [-0.2, -0.15) is 11.8 Å². The Hall–Kier alpha value is -0.150. The van der Waals surface area contributed by atoms with Crippen LogP contribution >= 0.6 is 11.8 Å². The number of aliphatic hydroxyl groups excluding tert-OH is 1. The fourth-order valence-corrected chi connectivity index (χ4v) is 2.03. The van der Waals surface area contributed by atoms with Crippen molar-refractivity contribution in [3.05, 3.63) is 11.8 Å². The van der Waals surface area contributed by atoms with Crippen LogP contribution < -0.4 is 0 Å². The van der Waals surface area contributed by atoms with E-state index in [1.807, 2.05) is 11.8 Å². The van der Waals surface area contributed by atoms with Crippen molar-refractivity contribution in [1.29, 1.82) is 0 Å². The third kappa shape index (κ3) is 4.05. The van der Waals surface area contributed by atoms with Crippen molar-refractivity contribution in [3.8, 4) is 0 Å². The SMILES string of the molecule is CCSCCC(O)C1=COCCC1. The van der Waals surface area contributed by atoms with E-state index in [0.29, 0.717) is 0 Å². The highest BCUT2D eigenvalue weighted by Gasteiger charge is 2.13. The van der Waals surface area contributed by atoms with Crippen molar-refractivity contribution in [2.45, 2.75) is 32.3 Å². The lowest BCUT2D eigenvalue weighted by Crippen LogP contribution is -2.15. The van der Waals surface area contributed by atoms with Gasteiger partial charge < -0.3 is 9.84 Å². The zero-order valence-electron chi connectivity index (χ0n) is 8.16. The first-order valence-electron chi connectivity index (χ1n) is 4.91. The van der Waals surface area contributed by atoms with Gasteiger partial charge in [0.1, 0.15) is 0 Å². The average molecular weight is 202 g/mol. The van der Waals surface area contributed by atoms with Crippen molar-refractivity contribution in [2.75, 3.05) is 18.1 Å². The van der Waals surface area contributed by atoms with E-state index in [2.05, 4.69) is 6.92 Å². The molecule has 1 aliphatic heterocycles. The zero-order chi connectivity index (χ0) is 9.52.